The second-order valence-corrected chi connectivity index (χ2v) is 7.35. The van der Waals surface area contributed by atoms with Crippen LogP contribution in [0.1, 0.15) is 56.6 Å². The number of carbonyl (C=O) groups is 2. The maximum Gasteiger partial charge on any atom is 0.341 e. The summed E-state index contributed by atoms with van der Waals surface area (Å²) in [6.07, 6.45) is 5.74. The van der Waals surface area contributed by atoms with Gasteiger partial charge in [0.1, 0.15) is 11.5 Å². The Morgan fingerprint density at radius 1 is 1.25 bits per heavy atom. The Kier molecular flexibility index (Phi) is 7.26. The molecule has 0 radical (unpaired) electrons. The highest BCUT2D eigenvalue weighted by Crippen LogP contribution is 2.48. The quantitative estimate of drug-likeness (QED) is 0.408. The van der Waals surface area contributed by atoms with Crippen LogP contribution in [-0.4, -0.2) is 33.9 Å². The number of phenols is 1. The van der Waals surface area contributed by atoms with Crippen LogP contribution < -0.4 is 4.74 Å². The number of carboxylic acid groups (broad SMARTS) is 2. The van der Waals surface area contributed by atoms with Crippen LogP contribution in [0.4, 0.5) is 0 Å². The summed E-state index contributed by atoms with van der Waals surface area (Å²) in [7, 11) is 0. The van der Waals surface area contributed by atoms with Gasteiger partial charge < -0.3 is 20.1 Å². The Hall–Kier alpha value is -2.76. The first-order valence-electron chi connectivity index (χ1n) is 9.54. The highest BCUT2D eigenvalue weighted by atomic mass is 16.5. The molecule has 3 N–H and O–H groups in total. The van der Waals surface area contributed by atoms with E-state index in [1.807, 2.05) is 6.92 Å². The molecule has 1 aromatic carbocycles. The average molecular weight is 388 g/mol. The third-order valence-electron chi connectivity index (χ3n) is 5.10. The first-order valence-corrected chi connectivity index (χ1v) is 9.54. The summed E-state index contributed by atoms with van der Waals surface area (Å²) in [5.74, 6) is -2.47. The van der Waals surface area contributed by atoms with E-state index in [-0.39, 0.29) is 23.0 Å². The average Bonchev–Trinajstić information content (AvgIpc) is 3.05. The van der Waals surface area contributed by atoms with Crippen molar-refractivity contribution in [1.82, 2.24) is 0 Å². The van der Waals surface area contributed by atoms with E-state index in [4.69, 9.17) is 9.84 Å². The van der Waals surface area contributed by atoms with Gasteiger partial charge in [0.2, 0.25) is 0 Å². The summed E-state index contributed by atoms with van der Waals surface area (Å²) in [6, 6.07) is 3.43. The highest BCUT2D eigenvalue weighted by molar-refractivity contribution is 5.88. The van der Waals surface area contributed by atoms with E-state index in [2.05, 4.69) is 13.5 Å². The van der Waals surface area contributed by atoms with Crippen molar-refractivity contribution in [2.24, 2.45) is 5.92 Å². The van der Waals surface area contributed by atoms with Crippen molar-refractivity contribution in [3.05, 3.63) is 47.1 Å². The van der Waals surface area contributed by atoms with Gasteiger partial charge in [-0.3, -0.25) is 0 Å². The minimum Gasteiger partial charge on any atom is -0.507 e. The van der Waals surface area contributed by atoms with E-state index in [9.17, 15) is 19.8 Å². The molecular weight excluding hydrogens is 360 g/mol. The van der Waals surface area contributed by atoms with Gasteiger partial charge in [-0.15, -0.1) is 0 Å². The number of unbranched alkanes of at least 4 members (excludes halogenated alkanes) is 2. The molecule has 1 aliphatic rings. The van der Waals surface area contributed by atoms with Crippen LogP contribution in [0.5, 0.6) is 11.5 Å². The summed E-state index contributed by atoms with van der Waals surface area (Å²) in [5.41, 5.74) is 2.34. The van der Waals surface area contributed by atoms with E-state index in [1.54, 1.807) is 18.2 Å². The smallest absolute Gasteiger partial charge is 0.341 e. The number of carboxylic acids is 2. The van der Waals surface area contributed by atoms with Gasteiger partial charge in [-0.1, -0.05) is 38.0 Å². The zero-order valence-corrected chi connectivity index (χ0v) is 16.4. The van der Waals surface area contributed by atoms with Crippen molar-refractivity contribution in [3.63, 3.8) is 0 Å². The third-order valence-corrected chi connectivity index (χ3v) is 5.10. The Balaban J connectivity index is 2.48. The number of hydrogen-bond donors (Lipinski definition) is 3. The van der Waals surface area contributed by atoms with Crippen molar-refractivity contribution in [3.8, 4) is 11.5 Å². The fourth-order valence-electron chi connectivity index (χ4n) is 3.67. The summed E-state index contributed by atoms with van der Waals surface area (Å²) in [4.78, 5) is 22.5. The largest absolute Gasteiger partial charge is 0.507 e. The molecule has 2 rings (SSSR count). The van der Waals surface area contributed by atoms with E-state index >= 15 is 0 Å². The molecule has 0 unspecified atom stereocenters. The van der Waals surface area contributed by atoms with Crippen molar-refractivity contribution in [2.45, 2.75) is 51.9 Å². The molecule has 152 valence electrons. The van der Waals surface area contributed by atoms with E-state index < -0.39 is 24.5 Å². The Labute approximate surface area is 165 Å². The lowest BCUT2D eigenvalue weighted by Crippen LogP contribution is -2.14. The van der Waals surface area contributed by atoms with Crippen LogP contribution in [-0.2, 0) is 16.0 Å². The van der Waals surface area contributed by atoms with Crippen LogP contribution in [0.2, 0.25) is 0 Å². The fourth-order valence-corrected chi connectivity index (χ4v) is 3.67. The normalized spacial score (nSPS) is 18.6. The molecule has 0 saturated carbocycles. The number of allylic oxidation sites excluding steroid dienone is 2. The molecule has 0 fully saturated rings. The lowest BCUT2D eigenvalue weighted by molar-refractivity contribution is -0.139. The summed E-state index contributed by atoms with van der Waals surface area (Å²) < 4.78 is 5.50. The minimum atomic E-state index is -1.12. The van der Waals surface area contributed by atoms with Gasteiger partial charge in [0.15, 0.2) is 6.61 Å². The first kappa shape index (κ1) is 21.5. The number of benzene rings is 1. The van der Waals surface area contributed by atoms with E-state index in [0.29, 0.717) is 12.0 Å². The minimum absolute atomic E-state index is 0.00599. The Morgan fingerprint density at radius 3 is 2.54 bits per heavy atom. The number of aryl methyl sites for hydroxylation is 1. The number of aromatic hydroxyl groups is 1. The number of aliphatic carboxylic acids is 2. The zero-order chi connectivity index (χ0) is 20.8. The summed E-state index contributed by atoms with van der Waals surface area (Å²) >= 11 is 0. The molecule has 1 aromatic rings. The standard InChI is InChI=1S/C22H28O6/c1-4-5-6-7-14-8-18(23)21(19(9-14)28-12-20(24)25)17-11-15(22(26)27)10-16(17)13(2)3/h8-9,11,16-17,23H,2,4-7,10,12H2,1,3H3,(H,24,25)(H,26,27)/t16-,17+/m0/s1. The van der Waals surface area contributed by atoms with Crippen LogP contribution in [0, 0.1) is 5.92 Å². The second-order valence-electron chi connectivity index (χ2n) is 7.35. The number of rotatable bonds is 10. The molecular formula is C22H28O6. The fraction of sp³-hybridized carbons (Fsp3) is 0.455. The molecule has 2 atom stereocenters. The number of ether oxygens (including phenoxy) is 1. The van der Waals surface area contributed by atoms with Crippen molar-refractivity contribution in [2.75, 3.05) is 6.61 Å². The monoisotopic (exact) mass is 388 g/mol. The highest BCUT2D eigenvalue weighted by Gasteiger charge is 2.35. The maximum absolute atomic E-state index is 11.5. The molecule has 1 aliphatic carbocycles. The van der Waals surface area contributed by atoms with Crippen LogP contribution in [0.25, 0.3) is 0 Å². The van der Waals surface area contributed by atoms with Gasteiger partial charge in [-0.2, -0.15) is 0 Å². The molecule has 0 aromatic heterocycles. The molecule has 6 heteroatoms. The molecule has 0 aliphatic heterocycles. The molecule has 0 spiro atoms. The molecule has 0 saturated heterocycles. The SMILES string of the molecule is C=C(C)[C@@H]1CC(C(=O)O)=C[C@H]1c1c(O)cc(CCCCC)cc1OCC(=O)O. The van der Waals surface area contributed by atoms with E-state index in [1.165, 1.54) is 0 Å². The van der Waals surface area contributed by atoms with E-state index in [0.717, 1.165) is 36.8 Å². The predicted octanol–water partition coefficient (Wildman–Crippen LogP) is 4.28. The number of hydrogen-bond acceptors (Lipinski definition) is 4. The van der Waals surface area contributed by atoms with Gasteiger partial charge in [-0.05, 0) is 49.8 Å². The van der Waals surface area contributed by atoms with Gasteiger partial charge in [0, 0.05) is 17.1 Å². The third kappa shape index (κ3) is 5.15. The molecule has 0 bridgehead atoms. The first-order chi connectivity index (χ1) is 13.2. The lowest BCUT2D eigenvalue weighted by atomic mass is 9.83. The topological polar surface area (TPSA) is 104 Å². The van der Waals surface area contributed by atoms with Gasteiger partial charge in [0.05, 0.1) is 0 Å². The Morgan fingerprint density at radius 2 is 1.96 bits per heavy atom. The summed E-state index contributed by atoms with van der Waals surface area (Å²) in [6.45, 7) is 7.35. The van der Waals surface area contributed by atoms with Gasteiger partial charge >= 0.3 is 11.9 Å². The van der Waals surface area contributed by atoms with Gasteiger partial charge in [0.25, 0.3) is 0 Å². The molecule has 28 heavy (non-hydrogen) atoms. The van der Waals surface area contributed by atoms with Crippen LogP contribution >= 0.6 is 0 Å². The lowest BCUT2D eigenvalue weighted by Gasteiger charge is -2.24. The van der Waals surface area contributed by atoms with Crippen LogP contribution in [0.3, 0.4) is 0 Å². The molecule has 0 heterocycles. The molecule has 6 nitrogen and oxygen atoms in total. The number of phenolic OH excluding ortho intramolecular Hbond substituents is 1. The van der Waals surface area contributed by atoms with Crippen molar-refractivity contribution in [1.29, 1.82) is 0 Å². The van der Waals surface area contributed by atoms with Crippen molar-refractivity contribution < 1.29 is 29.6 Å². The molecule has 0 amide bonds. The zero-order valence-electron chi connectivity index (χ0n) is 16.4. The maximum atomic E-state index is 11.5. The van der Waals surface area contributed by atoms with Gasteiger partial charge in [-0.25, -0.2) is 9.59 Å². The van der Waals surface area contributed by atoms with Crippen molar-refractivity contribution >= 4 is 11.9 Å². The van der Waals surface area contributed by atoms with Crippen LogP contribution in [0.15, 0.2) is 35.9 Å². The second kappa shape index (κ2) is 9.44. The Bertz CT molecular complexity index is 792. The summed E-state index contributed by atoms with van der Waals surface area (Å²) in [5, 5.41) is 29.1. The predicted molar refractivity (Wildman–Crippen MR) is 106 cm³/mol.